The Morgan fingerprint density at radius 3 is 2.67 bits per heavy atom. The molecule has 18 heavy (non-hydrogen) atoms. The van der Waals surface area contributed by atoms with E-state index in [0.29, 0.717) is 0 Å². The molecule has 0 fully saturated rings. The van der Waals surface area contributed by atoms with E-state index in [0.717, 1.165) is 6.07 Å². The molecule has 0 unspecified atom stereocenters. The fourth-order valence-electron chi connectivity index (χ4n) is 1.49. The smallest absolute Gasteiger partial charge is 0.356 e. The zero-order chi connectivity index (χ0) is 13.3. The van der Waals surface area contributed by atoms with Crippen molar-refractivity contribution in [2.75, 3.05) is 5.73 Å². The number of anilines is 1. The Morgan fingerprint density at radius 2 is 2.06 bits per heavy atom. The monoisotopic (exact) mass is 266 g/mol. The molecule has 0 aliphatic heterocycles. The van der Waals surface area contributed by atoms with Crippen LogP contribution in [0.4, 0.5) is 10.1 Å². The molecule has 0 spiro atoms. The van der Waals surface area contributed by atoms with Crippen LogP contribution in [-0.4, -0.2) is 16.1 Å². The first-order valence-corrected chi connectivity index (χ1v) is 5.32. The third-order valence-electron chi connectivity index (χ3n) is 2.34. The van der Waals surface area contributed by atoms with Crippen LogP contribution in [0.1, 0.15) is 10.5 Å². The van der Waals surface area contributed by atoms with Gasteiger partial charge in [-0.1, -0.05) is 11.6 Å². The highest BCUT2D eigenvalue weighted by Gasteiger charge is 2.13. The van der Waals surface area contributed by atoms with Gasteiger partial charge in [0, 0.05) is 10.6 Å². The SMILES string of the molecule is Nc1ccc(-c2ccc(Cl)cc2F)nc1C(=O)O. The van der Waals surface area contributed by atoms with E-state index in [1.807, 2.05) is 0 Å². The second-order valence-electron chi connectivity index (χ2n) is 3.56. The molecule has 1 aromatic heterocycles. The van der Waals surface area contributed by atoms with E-state index in [1.165, 1.54) is 24.3 Å². The number of aromatic nitrogens is 1. The molecule has 3 N–H and O–H groups in total. The standard InChI is InChI=1S/C12H8ClFN2O2/c13-6-1-2-7(8(14)5-6)10-4-3-9(15)11(16-10)12(17)18/h1-5H,15H2,(H,17,18). The van der Waals surface area contributed by atoms with E-state index in [9.17, 15) is 9.18 Å². The van der Waals surface area contributed by atoms with Gasteiger partial charge < -0.3 is 10.8 Å². The predicted molar refractivity (Wildman–Crippen MR) is 66.0 cm³/mol. The number of pyridine rings is 1. The zero-order valence-electron chi connectivity index (χ0n) is 9.02. The largest absolute Gasteiger partial charge is 0.476 e. The maximum atomic E-state index is 13.7. The lowest BCUT2D eigenvalue weighted by molar-refractivity contribution is 0.0692. The minimum Gasteiger partial charge on any atom is -0.476 e. The van der Waals surface area contributed by atoms with E-state index in [-0.39, 0.29) is 27.7 Å². The first kappa shape index (κ1) is 12.3. The van der Waals surface area contributed by atoms with Gasteiger partial charge in [0.15, 0.2) is 5.69 Å². The van der Waals surface area contributed by atoms with Crippen LogP contribution in [0.5, 0.6) is 0 Å². The summed E-state index contributed by atoms with van der Waals surface area (Å²) < 4.78 is 13.7. The summed E-state index contributed by atoms with van der Waals surface area (Å²) in [5.41, 5.74) is 5.56. The second kappa shape index (κ2) is 4.62. The van der Waals surface area contributed by atoms with E-state index in [2.05, 4.69) is 4.98 Å². The van der Waals surface area contributed by atoms with Crippen molar-refractivity contribution in [1.29, 1.82) is 0 Å². The molecule has 4 nitrogen and oxygen atoms in total. The fourth-order valence-corrected chi connectivity index (χ4v) is 1.65. The fraction of sp³-hybridized carbons (Fsp3) is 0. The lowest BCUT2D eigenvalue weighted by atomic mass is 10.1. The van der Waals surface area contributed by atoms with Gasteiger partial charge >= 0.3 is 5.97 Å². The number of hydrogen-bond acceptors (Lipinski definition) is 3. The minimum absolute atomic E-state index is 0.0284. The minimum atomic E-state index is -1.26. The van der Waals surface area contributed by atoms with Crippen molar-refractivity contribution in [1.82, 2.24) is 4.98 Å². The van der Waals surface area contributed by atoms with Crippen molar-refractivity contribution in [3.05, 3.63) is 46.9 Å². The van der Waals surface area contributed by atoms with Crippen LogP contribution >= 0.6 is 11.6 Å². The third kappa shape index (κ3) is 2.26. The van der Waals surface area contributed by atoms with Gasteiger partial charge in [0.05, 0.1) is 11.4 Å². The first-order chi connectivity index (χ1) is 8.49. The molecular weight excluding hydrogens is 259 g/mol. The summed E-state index contributed by atoms with van der Waals surface area (Å²) >= 11 is 5.64. The van der Waals surface area contributed by atoms with Gasteiger partial charge in [0.2, 0.25) is 0 Å². The molecule has 0 radical (unpaired) electrons. The Hall–Kier alpha value is -2.14. The second-order valence-corrected chi connectivity index (χ2v) is 4.00. The number of carboxylic acids is 1. The van der Waals surface area contributed by atoms with E-state index < -0.39 is 11.8 Å². The summed E-state index contributed by atoms with van der Waals surface area (Å²) in [4.78, 5) is 14.7. The van der Waals surface area contributed by atoms with Gasteiger partial charge in [0.1, 0.15) is 5.82 Å². The maximum Gasteiger partial charge on any atom is 0.356 e. The van der Waals surface area contributed by atoms with Gasteiger partial charge in [0.25, 0.3) is 0 Å². The molecule has 92 valence electrons. The average molecular weight is 267 g/mol. The average Bonchev–Trinajstić information content (AvgIpc) is 2.30. The van der Waals surface area contributed by atoms with Gasteiger partial charge in [-0.05, 0) is 30.3 Å². The summed E-state index contributed by atoms with van der Waals surface area (Å²) in [5.74, 6) is -1.83. The molecule has 0 bridgehead atoms. The van der Waals surface area contributed by atoms with Crippen LogP contribution in [0.15, 0.2) is 30.3 Å². The van der Waals surface area contributed by atoms with Crippen molar-refractivity contribution in [2.45, 2.75) is 0 Å². The predicted octanol–water partition coefficient (Wildman–Crippen LogP) is 2.82. The normalized spacial score (nSPS) is 10.3. The Kier molecular flexibility index (Phi) is 3.16. The number of nitrogens with two attached hydrogens (primary N) is 1. The van der Waals surface area contributed by atoms with Crippen molar-refractivity contribution in [3.63, 3.8) is 0 Å². The number of halogens is 2. The lowest BCUT2D eigenvalue weighted by Gasteiger charge is -2.06. The van der Waals surface area contributed by atoms with Crippen LogP contribution in [0.3, 0.4) is 0 Å². The van der Waals surface area contributed by atoms with Crippen molar-refractivity contribution < 1.29 is 14.3 Å². The van der Waals surface area contributed by atoms with E-state index >= 15 is 0 Å². The van der Waals surface area contributed by atoms with Gasteiger partial charge in [-0.2, -0.15) is 0 Å². The van der Waals surface area contributed by atoms with Crippen molar-refractivity contribution in [2.24, 2.45) is 0 Å². The highest BCUT2D eigenvalue weighted by Crippen LogP contribution is 2.25. The molecule has 0 saturated carbocycles. The van der Waals surface area contributed by atoms with Crippen LogP contribution in [0.2, 0.25) is 5.02 Å². The van der Waals surface area contributed by atoms with E-state index in [4.69, 9.17) is 22.4 Å². The summed E-state index contributed by atoms with van der Waals surface area (Å²) in [7, 11) is 0. The highest BCUT2D eigenvalue weighted by atomic mass is 35.5. The molecule has 1 heterocycles. The molecule has 0 saturated heterocycles. The van der Waals surface area contributed by atoms with Crippen LogP contribution in [0.25, 0.3) is 11.3 Å². The lowest BCUT2D eigenvalue weighted by Crippen LogP contribution is -2.06. The number of nitrogen functional groups attached to an aromatic ring is 1. The summed E-state index contributed by atoms with van der Waals surface area (Å²) in [6.45, 7) is 0. The number of hydrogen-bond donors (Lipinski definition) is 2. The molecule has 2 aromatic rings. The van der Waals surface area contributed by atoms with Crippen LogP contribution in [0, 0.1) is 5.82 Å². The maximum absolute atomic E-state index is 13.7. The quantitative estimate of drug-likeness (QED) is 0.876. The highest BCUT2D eigenvalue weighted by molar-refractivity contribution is 6.30. The number of rotatable bonds is 2. The van der Waals surface area contributed by atoms with Gasteiger partial charge in [-0.3, -0.25) is 0 Å². The van der Waals surface area contributed by atoms with Crippen molar-refractivity contribution >= 4 is 23.3 Å². The Labute approximate surface area is 107 Å². The van der Waals surface area contributed by atoms with Crippen molar-refractivity contribution in [3.8, 4) is 11.3 Å². The molecule has 6 heteroatoms. The van der Waals surface area contributed by atoms with Gasteiger partial charge in [-0.15, -0.1) is 0 Å². The molecule has 1 aromatic carbocycles. The molecule has 0 aliphatic carbocycles. The van der Waals surface area contributed by atoms with Gasteiger partial charge in [-0.25, -0.2) is 14.2 Å². The first-order valence-electron chi connectivity index (χ1n) is 4.94. The number of aromatic carboxylic acids is 1. The molecule has 0 atom stereocenters. The Morgan fingerprint density at radius 1 is 1.33 bits per heavy atom. The Bertz CT molecular complexity index is 631. The number of benzene rings is 1. The molecule has 2 rings (SSSR count). The molecule has 0 amide bonds. The molecule has 0 aliphatic rings. The third-order valence-corrected chi connectivity index (χ3v) is 2.57. The summed E-state index contributed by atoms with van der Waals surface area (Å²) in [5, 5.41) is 9.15. The van der Waals surface area contributed by atoms with Crippen LogP contribution < -0.4 is 5.73 Å². The molecular formula is C12H8ClFN2O2. The topological polar surface area (TPSA) is 76.2 Å². The van der Waals surface area contributed by atoms with E-state index in [1.54, 1.807) is 0 Å². The summed E-state index contributed by atoms with van der Waals surface area (Å²) in [6.07, 6.45) is 0. The Balaban J connectivity index is 2.58. The zero-order valence-corrected chi connectivity index (χ0v) is 9.78. The summed E-state index contributed by atoms with van der Waals surface area (Å²) in [6, 6.07) is 6.89. The number of nitrogens with zero attached hydrogens (tertiary/aromatic N) is 1. The van der Waals surface area contributed by atoms with Crippen LogP contribution in [-0.2, 0) is 0 Å². The number of carbonyl (C=O) groups is 1. The number of carboxylic acid groups (broad SMARTS) is 1.